The second-order valence-corrected chi connectivity index (χ2v) is 6.76. The summed E-state index contributed by atoms with van der Waals surface area (Å²) in [5, 5.41) is 0. The molecule has 0 fully saturated rings. The Morgan fingerprint density at radius 1 is 1.17 bits per heavy atom. The van der Waals surface area contributed by atoms with Gasteiger partial charge < -0.3 is 14.5 Å². The van der Waals surface area contributed by atoms with E-state index in [1.807, 2.05) is 39.0 Å². The molecule has 0 atom stereocenters. The summed E-state index contributed by atoms with van der Waals surface area (Å²) >= 11 is 0. The Bertz CT molecular complexity index is 576. The predicted molar refractivity (Wildman–Crippen MR) is 92.8 cm³/mol. The summed E-state index contributed by atoms with van der Waals surface area (Å²) in [6, 6.07) is 5.97. The van der Waals surface area contributed by atoms with Crippen LogP contribution in [0.3, 0.4) is 0 Å². The van der Waals surface area contributed by atoms with Gasteiger partial charge in [-0.05, 0) is 53.2 Å². The van der Waals surface area contributed by atoms with Crippen molar-refractivity contribution in [3.05, 3.63) is 29.3 Å². The molecule has 23 heavy (non-hydrogen) atoms. The monoisotopic (exact) mass is 320 g/mol. The highest BCUT2D eigenvalue weighted by molar-refractivity contribution is 5.96. The Morgan fingerprint density at radius 2 is 1.78 bits per heavy atom. The van der Waals surface area contributed by atoms with Crippen LogP contribution in [-0.2, 0) is 9.53 Å². The zero-order chi connectivity index (χ0) is 17.8. The van der Waals surface area contributed by atoms with Crippen LogP contribution in [0.2, 0.25) is 0 Å². The first-order valence-corrected chi connectivity index (χ1v) is 7.87. The molecule has 0 aliphatic carbocycles. The molecular weight excluding hydrogens is 292 g/mol. The highest BCUT2D eigenvalue weighted by atomic mass is 16.6. The zero-order valence-electron chi connectivity index (χ0n) is 15.3. The van der Waals surface area contributed by atoms with Gasteiger partial charge in [0.2, 0.25) is 5.91 Å². The summed E-state index contributed by atoms with van der Waals surface area (Å²) in [4.78, 5) is 27.6. The lowest BCUT2D eigenvalue weighted by Crippen LogP contribution is -2.43. The SMILES string of the molecule is CCN(C(=O)CN(C)C(=O)OC(C)(C)C)c1ccc(C)cc1C. The third-order valence-corrected chi connectivity index (χ3v) is 3.34. The molecule has 0 saturated carbocycles. The van der Waals surface area contributed by atoms with Gasteiger partial charge in [0.05, 0.1) is 0 Å². The van der Waals surface area contributed by atoms with Crippen molar-refractivity contribution in [2.75, 3.05) is 25.0 Å². The number of benzene rings is 1. The zero-order valence-corrected chi connectivity index (χ0v) is 15.3. The van der Waals surface area contributed by atoms with E-state index in [1.54, 1.807) is 32.7 Å². The van der Waals surface area contributed by atoms with Crippen molar-refractivity contribution in [2.45, 2.75) is 47.1 Å². The van der Waals surface area contributed by atoms with Crippen LogP contribution >= 0.6 is 0 Å². The minimum atomic E-state index is -0.577. The minimum absolute atomic E-state index is 0.0178. The normalized spacial score (nSPS) is 11.1. The maximum absolute atomic E-state index is 12.6. The number of carbonyl (C=O) groups excluding carboxylic acids is 2. The number of rotatable bonds is 4. The van der Waals surface area contributed by atoms with E-state index in [4.69, 9.17) is 4.74 Å². The fourth-order valence-corrected chi connectivity index (χ4v) is 2.28. The molecule has 5 heteroatoms. The average molecular weight is 320 g/mol. The van der Waals surface area contributed by atoms with Crippen LogP contribution in [0.4, 0.5) is 10.5 Å². The molecule has 2 amide bonds. The molecule has 128 valence electrons. The molecule has 0 N–H and O–H groups in total. The van der Waals surface area contributed by atoms with Crippen molar-refractivity contribution >= 4 is 17.7 Å². The molecule has 1 rings (SSSR count). The molecular formula is C18H28N2O3. The van der Waals surface area contributed by atoms with Crippen LogP contribution in [0.5, 0.6) is 0 Å². The fourth-order valence-electron chi connectivity index (χ4n) is 2.28. The molecule has 0 aromatic heterocycles. The van der Waals surface area contributed by atoms with Crippen LogP contribution in [0.25, 0.3) is 0 Å². The third-order valence-electron chi connectivity index (χ3n) is 3.34. The van der Waals surface area contributed by atoms with Crippen LogP contribution in [0.1, 0.15) is 38.8 Å². The summed E-state index contributed by atoms with van der Waals surface area (Å²) in [6.45, 7) is 11.9. The maximum atomic E-state index is 12.6. The van der Waals surface area contributed by atoms with E-state index < -0.39 is 11.7 Å². The number of hydrogen-bond donors (Lipinski definition) is 0. The van der Waals surface area contributed by atoms with Crippen molar-refractivity contribution in [2.24, 2.45) is 0 Å². The van der Waals surface area contributed by atoms with Crippen molar-refractivity contribution < 1.29 is 14.3 Å². The largest absolute Gasteiger partial charge is 0.444 e. The van der Waals surface area contributed by atoms with E-state index in [-0.39, 0.29) is 12.5 Å². The molecule has 5 nitrogen and oxygen atoms in total. The van der Waals surface area contributed by atoms with Gasteiger partial charge in [0, 0.05) is 19.3 Å². The van der Waals surface area contributed by atoms with Gasteiger partial charge in [-0.1, -0.05) is 17.7 Å². The van der Waals surface area contributed by atoms with E-state index in [0.717, 1.165) is 16.8 Å². The smallest absolute Gasteiger partial charge is 0.410 e. The lowest BCUT2D eigenvalue weighted by atomic mass is 10.1. The summed E-state index contributed by atoms with van der Waals surface area (Å²) in [5.41, 5.74) is 2.49. The van der Waals surface area contributed by atoms with E-state index in [9.17, 15) is 9.59 Å². The average Bonchev–Trinajstić information content (AvgIpc) is 2.39. The van der Waals surface area contributed by atoms with Crippen LogP contribution in [-0.4, -0.2) is 42.6 Å². The molecule has 0 bridgehead atoms. The van der Waals surface area contributed by atoms with Crippen molar-refractivity contribution in [3.63, 3.8) is 0 Å². The molecule has 1 aromatic rings. The Morgan fingerprint density at radius 3 is 2.26 bits per heavy atom. The Hall–Kier alpha value is -2.04. The molecule has 0 radical (unpaired) electrons. The molecule has 0 spiro atoms. The number of likely N-dealkylation sites (N-methyl/N-ethyl adjacent to an activating group) is 2. The molecule has 0 aliphatic rings. The lowest BCUT2D eigenvalue weighted by molar-refractivity contribution is -0.119. The maximum Gasteiger partial charge on any atom is 0.410 e. The molecule has 0 unspecified atom stereocenters. The summed E-state index contributed by atoms with van der Waals surface area (Å²) in [6.07, 6.45) is -0.498. The van der Waals surface area contributed by atoms with E-state index in [2.05, 4.69) is 0 Å². The second-order valence-electron chi connectivity index (χ2n) is 6.76. The van der Waals surface area contributed by atoms with E-state index >= 15 is 0 Å². The van der Waals surface area contributed by atoms with Crippen LogP contribution < -0.4 is 4.90 Å². The second kappa shape index (κ2) is 7.49. The topological polar surface area (TPSA) is 49.9 Å². The van der Waals surface area contributed by atoms with Gasteiger partial charge in [0.1, 0.15) is 12.1 Å². The minimum Gasteiger partial charge on any atom is -0.444 e. The lowest BCUT2D eigenvalue weighted by Gasteiger charge is -2.28. The molecule has 0 saturated heterocycles. The van der Waals surface area contributed by atoms with Gasteiger partial charge >= 0.3 is 6.09 Å². The summed E-state index contributed by atoms with van der Waals surface area (Å²) < 4.78 is 5.28. The van der Waals surface area contributed by atoms with Crippen molar-refractivity contribution in [1.82, 2.24) is 4.90 Å². The first-order valence-electron chi connectivity index (χ1n) is 7.87. The highest BCUT2D eigenvalue weighted by Gasteiger charge is 2.23. The van der Waals surface area contributed by atoms with E-state index in [1.165, 1.54) is 4.90 Å². The van der Waals surface area contributed by atoms with Gasteiger partial charge in [-0.2, -0.15) is 0 Å². The fraction of sp³-hybridized carbons (Fsp3) is 0.556. The van der Waals surface area contributed by atoms with Gasteiger partial charge in [-0.15, -0.1) is 0 Å². The number of carbonyl (C=O) groups is 2. The number of amides is 2. The third kappa shape index (κ3) is 5.58. The molecule has 0 heterocycles. The standard InChI is InChI=1S/C18H28N2O3/c1-8-20(15-10-9-13(2)11-14(15)3)16(21)12-19(7)17(22)23-18(4,5)6/h9-11H,8,12H2,1-7H3. The predicted octanol–water partition coefficient (Wildman–Crippen LogP) is 3.52. The van der Waals surface area contributed by atoms with Crippen LogP contribution in [0, 0.1) is 13.8 Å². The van der Waals surface area contributed by atoms with Gasteiger partial charge in [-0.25, -0.2) is 4.79 Å². The van der Waals surface area contributed by atoms with Gasteiger partial charge in [0.25, 0.3) is 0 Å². The van der Waals surface area contributed by atoms with Gasteiger partial charge in [0.15, 0.2) is 0 Å². The summed E-state index contributed by atoms with van der Waals surface area (Å²) in [7, 11) is 1.57. The number of ether oxygens (including phenoxy) is 1. The first kappa shape index (κ1) is 19.0. The van der Waals surface area contributed by atoms with Gasteiger partial charge in [-0.3, -0.25) is 4.79 Å². The Kier molecular flexibility index (Phi) is 6.19. The molecule has 0 aliphatic heterocycles. The number of aryl methyl sites for hydroxylation is 2. The Labute approximate surface area is 139 Å². The highest BCUT2D eigenvalue weighted by Crippen LogP contribution is 2.21. The molecule has 1 aromatic carbocycles. The van der Waals surface area contributed by atoms with E-state index in [0.29, 0.717) is 6.54 Å². The summed E-state index contributed by atoms with van der Waals surface area (Å²) in [5.74, 6) is -0.132. The Balaban J connectivity index is 2.83. The quantitative estimate of drug-likeness (QED) is 0.853. The number of nitrogens with zero attached hydrogens (tertiary/aromatic N) is 2. The number of anilines is 1. The van der Waals surface area contributed by atoms with Crippen LogP contribution in [0.15, 0.2) is 18.2 Å². The first-order chi connectivity index (χ1) is 10.5. The number of hydrogen-bond acceptors (Lipinski definition) is 3. The van der Waals surface area contributed by atoms with Crippen molar-refractivity contribution in [1.29, 1.82) is 0 Å². The van der Waals surface area contributed by atoms with Crippen molar-refractivity contribution in [3.8, 4) is 0 Å².